The highest BCUT2D eigenvalue weighted by molar-refractivity contribution is 9.10. The normalized spacial score (nSPS) is 11.5. The summed E-state index contributed by atoms with van der Waals surface area (Å²) in [6.07, 6.45) is 3.07. The summed E-state index contributed by atoms with van der Waals surface area (Å²) < 4.78 is 0.863. The summed E-state index contributed by atoms with van der Waals surface area (Å²) in [5, 5.41) is 17.2. The molecule has 0 aliphatic carbocycles. The molecule has 7 nitrogen and oxygen atoms in total. The highest BCUT2D eigenvalue weighted by Crippen LogP contribution is 2.36. The predicted molar refractivity (Wildman–Crippen MR) is 140 cm³/mol. The SMILES string of the molecule is Cc1cc(C(C#N)c2ccc(Cl)cc2)c(Cl)cc1Nc1ncnc(Nc2ccc(Br)cn2)c1N. The molecule has 0 aliphatic rings. The molecule has 0 aliphatic heterocycles. The first-order chi connectivity index (χ1) is 16.4. The maximum atomic E-state index is 9.82. The van der Waals surface area contributed by atoms with Gasteiger partial charge in [0.05, 0.1) is 12.0 Å². The van der Waals surface area contributed by atoms with E-state index in [1.165, 1.54) is 6.33 Å². The van der Waals surface area contributed by atoms with Crippen LogP contribution in [0.5, 0.6) is 0 Å². The van der Waals surface area contributed by atoms with Crippen LogP contribution >= 0.6 is 39.1 Å². The second-order valence-corrected chi connectivity index (χ2v) is 9.16. The second kappa shape index (κ2) is 10.3. The van der Waals surface area contributed by atoms with Crippen LogP contribution < -0.4 is 16.4 Å². The number of nitrogens with two attached hydrogens (primary N) is 1. The molecule has 4 aromatic rings. The number of rotatable bonds is 6. The fourth-order valence-electron chi connectivity index (χ4n) is 3.33. The van der Waals surface area contributed by atoms with Crippen molar-refractivity contribution in [2.45, 2.75) is 12.8 Å². The zero-order chi connectivity index (χ0) is 24.2. The van der Waals surface area contributed by atoms with Gasteiger partial charge in [0.15, 0.2) is 11.6 Å². The number of halogens is 3. The van der Waals surface area contributed by atoms with Crippen molar-refractivity contribution in [2.24, 2.45) is 0 Å². The van der Waals surface area contributed by atoms with Crippen molar-refractivity contribution in [1.82, 2.24) is 15.0 Å². The molecule has 1 unspecified atom stereocenters. The zero-order valence-corrected chi connectivity index (χ0v) is 20.9. The van der Waals surface area contributed by atoms with E-state index in [0.29, 0.717) is 44.4 Å². The van der Waals surface area contributed by atoms with Crippen LogP contribution in [0.15, 0.2) is 65.5 Å². The number of aryl methyl sites for hydroxylation is 1. The summed E-state index contributed by atoms with van der Waals surface area (Å²) in [6, 6.07) is 16.8. The van der Waals surface area contributed by atoms with Gasteiger partial charge in [0.1, 0.15) is 17.8 Å². The molecule has 10 heteroatoms. The fraction of sp³-hybridized carbons (Fsp3) is 0.0833. The summed E-state index contributed by atoms with van der Waals surface area (Å²) in [6.45, 7) is 1.92. The van der Waals surface area contributed by atoms with Crippen LogP contribution in [-0.2, 0) is 0 Å². The minimum Gasteiger partial charge on any atom is -0.393 e. The van der Waals surface area contributed by atoms with E-state index in [9.17, 15) is 5.26 Å². The van der Waals surface area contributed by atoms with Gasteiger partial charge in [-0.1, -0.05) is 41.4 Å². The van der Waals surface area contributed by atoms with E-state index >= 15 is 0 Å². The summed E-state index contributed by atoms with van der Waals surface area (Å²) in [4.78, 5) is 12.8. The molecule has 0 saturated heterocycles. The molecular weight excluding hydrogens is 537 g/mol. The Balaban J connectivity index is 1.61. The van der Waals surface area contributed by atoms with E-state index in [2.05, 4.69) is 47.6 Å². The third kappa shape index (κ3) is 5.23. The third-order valence-electron chi connectivity index (χ3n) is 5.10. The van der Waals surface area contributed by atoms with Crippen LogP contribution in [0.1, 0.15) is 22.6 Å². The average Bonchev–Trinajstić information content (AvgIpc) is 2.82. The Morgan fingerprint density at radius 2 is 1.71 bits per heavy atom. The third-order valence-corrected chi connectivity index (χ3v) is 6.15. The van der Waals surface area contributed by atoms with E-state index < -0.39 is 5.92 Å². The van der Waals surface area contributed by atoms with Crippen LogP contribution in [0.4, 0.5) is 28.8 Å². The van der Waals surface area contributed by atoms with Crippen LogP contribution in [0.2, 0.25) is 10.0 Å². The van der Waals surface area contributed by atoms with Gasteiger partial charge in [-0.2, -0.15) is 5.26 Å². The molecule has 2 aromatic carbocycles. The van der Waals surface area contributed by atoms with Crippen molar-refractivity contribution >= 4 is 68.0 Å². The number of nitrogens with one attached hydrogen (secondary N) is 2. The topological polar surface area (TPSA) is 113 Å². The van der Waals surface area contributed by atoms with E-state index in [1.807, 2.05) is 31.2 Å². The van der Waals surface area contributed by atoms with E-state index in [4.69, 9.17) is 28.9 Å². The molecule has 0 spiro atoms. The van der Waals surface area contributed by atoms with Gasteiger partial charge in [-0.15, -0.1) is 0 Å². The van der Waals surface area contributed by atoms with Gasteiger partial charge in [-0.05, 0) is 69.9 Å². The number of hydrogen-bond acceptors (Lipinski definition) is 7. The van der Waals surface area contributed by atoms with Crippen molar-refractivity contribution < 1.29 is 0 Å². The largest absolute Gasteiger partial charge is 0.393 e. The van der Waals surface area contributed by atoms with Crippen LogP contribution in [0.25, 0.3) is 0 Å². The van der Waals surface area contributed by atoms with Gasteiger partial charge in [0.2, 0.25) is 0 Å². The molecule has 34 heavy (non-hydrogen) atoms. The molecule has 4 rings (SSSR count). The smallest absolute Gasteiger partial charge is 0.160 e. The van der Waals surface area contributed by atoms with Gasteiger partial charge in [0, 0.05) is 26.4 Å². The summed E-state index contributed by atoms with van der Waals surface area (Å²) in [7, 11) is 0. The number of benzene rings is 2. The number of nitrogens with zero attached hydrogens (tertiary/aromatic N) is 4. The minimum atomic E-state index is -0.532. The highest BCUT2D eigenvalue weighted by atomic mass is 79.9. The maximum Gasteiger partial charge on any atom is 0.160 e. The molecular formula is C24H18BrCl2N7. The minimum absolute atomic E-state index is 0.322. The molecule has 0 radical (unpaired) electrons. The lowest BCUT2D eigenvalue weighted by atomic mass is 9.91. The molecule has 0 fully saturated rings. The number of hydrogen-bond donors (Lipinski definition) is 3. The first kappa shape index (κ1) is 23.8. The van der Waals surface area contributed by atoms with Crippen LogP contribution in [0.3, 0.4) is 0 Å². The van der Waals surface area contributed by atoms with Gasteiger partial charge in [-0.3, -0.25) is 0 Å². The molecule has 1 atom stereocenters. The second-order valence-electron chi connectivity index (χ2n) is 7.40. The lowest BCUT2D eigenvalue weighted by molar-refractivity contribution is 1.03. The Hall–Kier alpha value is -3.38. The van der Waals surface area contributed by atoms with Crippen LogP contribution in [-0.4, -0.2) is 15.0 Å². The Morgan fingerprint density at radius 1 is 1.00 bits per heavy atom. The Labute approximate surface area is 215 Å². The molecule has 2 heterocycles. The molecule has 0 saturated carbocycles. The Kier molecular flexibility index (Phi) is 7.17. The van der Waals surface area contributed by atoms with Crippen molar-refractivity contribution in [2.75, 3.05) is 16.4 Å². The van der Waals surface area contributed by atoms with Gasteiger partial charge in [-0.25, -0.2) is 15.0 Å². The van der Waals surface area contributed by atoms with E-state index in [-0.39, 0.29) is 0 Å². The van der Waals surface area contributed by atoms with Crippen molar-refractivity contribution in [1.29, 1.82) is 5.26 Å². The number of nitrogen functional groups attached to an aromatic ring is 1. The fourth-order valence-corrected chi connectivity index (χ4v) is 3.97. The lowest BCUT2D eigenvalue weighted by Gasteiger charge is -2.17. The Morgan fingerprint density at radius 3 is 2.35 bits per heavy atom. The van der Waals surface area contributed by atoms with Gasteiger partial charge >= 0.3 is 0 Å². The molecule has 2 aromatic heterocycles. The Bertz CT molecular complexity index is 1370. The standard InChI is InChI=1S/C24H18BrCl2N7/c1-13-8-17(18(10-28)14-2-5-16(26)6-3-14)19(27)9-20(13)33-23-22(29)24(32-12-31-23)34-21-7-4-15(25)11-30-21/h2-9,11-12,18H,29H2,1H3,(H2,30,31,32,33,34). The van der Waals surface area contributed by atoms with Gasteiger partial charge < -0.3 is 16.4 Å². The number of aromatic nitrogens is 3. The molecule has 0 amide bonds. The average molecular weight is 555 g/mol. The number of anilines is 5. The zero-order valence-electron chi connectivity index (χ0n) is 17.9. The molecule has 4 N–H and O–H groups in total. The predicted octanol–water partition coefficient (Wildman–Crippen LogP) is 6.97. The first-order valence-corrected chi connectivity index (χ1v) is 11.6. The summed E-state index contributed by atoms with van der Waals surface area (Å²) in [5.41, 5.74) is 9.73. The van der Waals surface area contributed by atoms with E-state index in [1.54, 1.807) is 30.5 Å². The van der Waals surface area contributed by atoms with E-state index in [0.717, 1.165) is 15.6 Å². The van der Waals surface area contributed by atoms with Crippen LogP contribution in [0, 0.1) is 18.3 Å². The quantitative estimate of drug-likeness (QED) is 0.236. The van der Waals surface area contributed by atoms with Crippen molar-refractivity contribution in [3.05, 3.63) is 92.3 Å². The summed E-state index contributed by atoms with van der Waals surface area (Å²) >= 11 is 16.0. The molecule has 170 valence electrons. The summed E-state index contributed by atoms with van der Waals surface area (Å²) in [5.74, 6) is 0.889. The highest BCUT2D eigenvalue weighted by Gasteiger charge is 2.19. The first-order valence-electron chi connectivity index (χ1n) is 10.1. The van der Waals surface area contributed by atoms with Gasteiger partial charge in [0.25, 0.3) is 0 Å². The number of pyridine rings is 1. The van der Waals surface area contributed by atoms with Crippen molar-refractivity contribution in [3.63, 3.8) is 0 Å². The van der Waals surface area contributed by atoms with Crippen molar-refractivity contribution in [3.8, 4) is 6.07 Å². The molecule has 0 bridgehead atoms. The lowest BCUT2D eigenvalue weighted by Crippen LogP contribution is -2.07. The monoisotopic (exact) mass is 553 g/mol. The number of nitriles is 1. The maximum absolute atomic E-state index is 9.82.